The van der Waals surface area contributed by atoms with Crippen LogP contribution in [0.1, 0.15) is 37.8 Å². The smallest absolute Gasteiger partial charge is 0.254 e. The highest BCUT2D eigenvalue weighted by atomic mass is 19.1. The molecular weight excluding hydrogens is 387 g/mol. The van der Waals surface area contributed by atoms with Gasteiger partial charge in [0.15, 0.2) is 0 Å². The molecule has 0 aromatic heterocycles. The van der Waals surface area contributed by atoms with E-state index in [1.165, 1.54) is 13.1 Å². The van der Waals surface area contributed by atoms with Crippen LogP contribution in [0.25, 0.3) is 0 Å². The zero-order valence-electron chi connectivity index (χ0n) is 16.6. The van der Waals surface area contributed by atoms with Gasteiger partial charge in [-0.1, -0.05) is 30.3 Å². The third-order valence-corrected chi connectivity index (χ3v) is 6.39. The van der Waals surface area contributed by atoms with Gasteiger partial charge >= 0.3 is 0 Å². The van der Waals surface area contributed by atoms with E-state index in [1.807, 2.05) is 30.3 Å². The van der Waals surface area contributed by atoms with Gasteiger partial charge in [0.05, 0.1) is 24.7 Å². The lowest BCUT2D eigenvalue weighted by atomic mass is 9.86. The molecule has 0 radical (unpaired) electrons. The number of benzene rings is 2. The van der Waals surface area contributed by atoms with Crippen molar-refractivity contribution in [1.29, 1.82) is 0 Å². The zero-order valence-corrected chi connectivity index (χ0v) is 16.6. The molecule has 1 saturated carbocycles. The standard InChI is InChI=1S/C23H23FN2O4/c1-25-23(28)15-8-13(22(27)26-20-16-10-29-11-17(16)20)7-14-19(12-5-3-2-4-6-12)18(9-24)30-21(14)15/h2-8,16-20H,9-11H2,1H3,(H,25,28)(H,26,27)/t16?,17?,18?,19-,20?/m0/s1. The minimum absolute atomic E-state index is 0.114. The quantitative estimate of drug-likeness (QED) is 0.793. The Labute approximate surface area is 173 Å². The second-order valence-corrected chi connectivity index (χ2v) is 8.08. The lowest BCUT2D eigenvalue weighted by Gasteiger charge is -2.16. The van der Waals surface area contributed by atoms with Crippen LogP contribution in [-0.4, -0.2) is 50.9 Å². The number of amides is 2. The summed E-state index contributed by atoms with van der Waals surface area (Å²) >= 11 is 0. The van der Waals surface area contributed by atoms with Gasteiger partial charge in [-0.15, -0.1) is 0 Å². The Kier molecular flexibility index (Phi) is 4.70. The number of rotatable bonds is 5. The first kappa shape index (κ1) is 19.1. The van der Waals surface area contributed by atoms with Crippen molar-refractivity contribution in [3.8, 4) is 5.75 Å². The van der Waals surface area contributed by atoms with Crippen molar-refractivity contribution in [2.75, 3.05) is 26.9 Å². The van der Waals surface area contributed by atoms with Gasteiger partial charge < -0.3 is 20.1 Å². The number of halogens is 1. The Hall–Kier alpha value is -2.93. The van der Waals surface area contributed by atoms with Crippen LogP contribution in [0, 0.1) is 11.8 Å². The Morgan fingerprint density at radius 2 is 1.83 bits per heavy atom. The Balaban J connectivity index is 1.54. The SMILES string of the molecule is CNC(=O)c1cc(C(=O)NC2C3COCC32)cc2c1OC(CF)[C@H]2c1ccccc1. The van der Waals surface area contributed by atoms with Gasteiger partial charge in [-0.2, -0.15) is 0 Å². The number of carbonyl (C=O) groups is 2. The molecule has 2 amide bonds. The lowest BCUT2D eigenvalue weighted by molar-refractivity contribution is 0.0929. The van der Waals surface area contributed by atoms with Crippen molar-refractivity contribution in [3.05, 3.63) is 64.7 Å². The summed E-state index contributed by atoms with van der Waals surface area (Å²) in [6.45, 7) is 0.644. The molecule has 4 atom stereocenters. The highest BCUT2D eigenvalue weighted by Gasteiger charge is 2.54. The summed E-state index contributed by atoms with van der Waals surface area (Å²) in [6.07, 6.45) is -0.746. The third-order valence-electron chi connectivity index (χ3n) is 6.39. The summed E-state index contributed by atoms with van der Waals surface area (Å²) < 4.78 is 25.1. The van der Waals surface area contributed by atoms with Gasteiger partial charge in [-0.25, -0.2) is 4.39 Å². The first-order valence-electron chi connectivity index (χ1n) is 10.2. The van der Waals surface area contributed by atoms with Crippen LogP contribution in [0.5, 0.6) is 5.75 Å². The highest BCUT2D eigenvalue weighted by Crippen LogP contribution is 2.46. The molecule has 2 heterocycles. The van der Waals surface area contributed by atoms with E-state index >= 15 is 0 Å². The van der Waals surface area contributed by atoms with Crippen molar-refractivity contribution in [2.24, 2.45) is 11.8 Å². The molecule has 156 valence electrons. The molecule has 2 N–H and O–H groups in total. The molecule has 5 rings (SSSR count). The molecule has 0 bridgehead atoms. The molecule has 3 unspecified atom stereocenters. The summed E-state index contributed by atoms with van der Waals surface area (Å²) in [5.74, 6) is 0.0909. The number of hydrogen-bond acceptors (Lipinski definition) is 4. The maximum absolute atomic E-state index is 13.9. The molecule has 2 aromatic rings. The van der Waals surface area contributed by atoms with Crippen molar-refractivity contribution >= 4 is 11.8 Å². The molecule has 30 heavy (non-hydrogen) atoms. The summed E-state index contributed by atoms with van der Waals surface area (Å²) in [4.78, 5) is 25.5. The van der Waals surface area contributed by atoms with Crippen LogP contribution in [-0.2, 0) is 4.74 Å². The predicted octanol–water partition coefficient (Wildman–Crippen LogP) is 2.28. The van der Waals surface area contributed by atoms with E-state index in [0.29, 0.717) is 41.9 Å². The zero-order chi connectivity index (χ0) is 20.8. The van der Waals surface area contributed by atoms with Crippen molar-refractivity contribution in [3.63, 3.8) is 0 Å². The second kappa shape index (κ2) is 7.40. The molecule has 2 aliphatic heterocycles. The lowest BCUT2D eigenvalue weighted by Crippen LogP contribution is -2.30. The Morgan fingerprint density at radius 3 is 2.50 bits per heavy atom. The average Bonchev–Trinajstić information content (AvgIpc) is 3.14. The minimum atomic E-state index is -0.746. The van der Waals surface area contributed by atoms with Crippen molar-refractivity contribution in [1.82, 2.24) is 10.6 Å². The van der Waals surface area contributed by atoms with Gasteiger partial charge in [0.25, 0.3) is 11.8 Å². The van der Waals surface area contributed by atoms with E-state index in [-0.39, 0.29) is 23.4 Å². The maximum Gasteiger partial charge on any atom is 0.254 e. The van der Waals surface area contributed by atoms with E-state index in [1.54, 1.807) is 6.07 Å². The van der Waals surface area contributed by atoms with Gasteiger partial charge in [-0.3, -0.25) is 9.59 Å². The number of carbonyl (C=O) groups excluding carboxylic acids is 2. The Morgan fingerprint density at radius 1 is 1.10 bits per heavy atom. The largest absolute Gasteiger partial charge is 0.486 e. The first-order valence-corrected chi connectivity index (χ1v) is 10.2. The third kappa shape index (κ3) is 3.04. The van der Waals surface area contributed by atoms with E-state index in [4.69, 9.17) is 9.47 Å². The minimum Gasteiger partial charge on any atom is -0.486 e. The summed E-state index contributed by atoms with van der Waals surface area (Å²) in [7, 11) is 1.52. The summed E-state index contributed by atoms with van der Waals surface area (Å²) in [6, 6.07) is 12.8. The molecule has 2 fully saturated rings. The van der Waals surface area contributed by atoms with Crippen LogP contribution < -0.4 is 15.4 Å². The normalized spacial score (nSPS) is 28.3. The van der Waals surface area contributed by atoms with E-state index in [2.05, 4.69) is 10.6 Å². The maximum atomic E-state index is 13.9. The first-order chi connectivity index (χ1) is 14.6. The fourth-order valence-corrected chi connectivity index (χ4v) is 4.73. The highest BCUT2D eigenvalue weighted by molar-refractivity contribution is 6.02. The average molecular weight is 410 g/mol. The number of nitrogens with one attached hydrogen (secondary N) is 2. The molecule has 1 aliphatic carbocycles. The topological polar surface area (TPSA) is 76.7 Å². The molecule has 0 spiro atoms. The number of ether oxygens (including phenoxy) is 2. The van der Waals surface area contributed by atoms with Crippen LogP contribution >= 0.6 is 0 Å². The fraction of sp³-hybridized carbons (Fsp3) is 0.391. The summed E-state index contributed by atoms with van der Waals surface area (Å²) in [5.41, 5.74) is 2.17. The van der Waals surface area contributed by atoms with Crippen LogP contribution in [0.4, 0.5) is 4.39 Å². The van der Waals surface area contributed by atoms with Crippen LogP contribution in [0.2, 0.25) is 0 Å². The van der Waals surface area contributed by atoms with Gasteiger partial charge in [0.2, 0.25) is 0 Å². The van der Waals surface area contributed by atoms with Gasteiger partial charge in [0.1, 0.15) is 18.5 Å². The molecule has 1 saturated heterocycles. The molecule has 6 nitrogen and oxygen atoms in total. The molecule has 3 aliphatic rings. The van der Waals surface area contributed by atoms with Crippen LogP contribution in [0.15, 0.2) is 42.5 Å². The monoisotopic (exact) mass is 410 g/mol. The fourth-order valence-electron chi connectivity index (χ4n) is 4.73. The van der Waals surface area contributed by atoms with Gasteiger partial charge in [-0.05, 0) is 17.7 Å². The van der Waals surface area contributed by atoms with Crippen LogP contribution in [0.3, 0.4) is 0 Å². The van der Waals surface area contributed by atoms with E-state index in [9.17, 15) is 14.0 Å². The molecule has 7 heteroatoms. The Bertz CT molecular complexity index is 986. The van der Waals surface area contributed by atoms with Crippen molar-refractivity contribution in [2.45, 2.75) is 18.1 Å². The number of fused-ring (bicyclic) bond motifs is 2. The van der Waals surface area contributed by atoms with E-state index < -0.39 is 18.7 Å². The second-order valence-electron chi connectivity index (χ2n) is 8.08. The van der Waals surface area contributed by atoms with Crippen molar-refractivity contribution < 1.29 is 23.5 Å². The number of hydrogen-bond donors (Lipinski definition) is 2. The van der Waals surface area contributed by atoms with Gasteiger partial charge in [0, 0.05) is 36.1 Å². The number of alkyl halides is 1. The predicted molar refractivity (Wildman–Crippen MR) is 108 cm³/mol. The van der Waals surface area contributed by atoms with E-state index in [0.717, 1.165) is 5.56 Å². The molecule has 2 aromatic carbocycles. The molecular formula is C23H23FN2O4. The summed E-state index contributed by atoms with van der Waals surface area (Å²) in [5, 5.41) is 5.65.